The van der Waals surface area contributed by atoms with E-state index < -0.39 is 0 Å². The van der Waals surface area contributed by atoms with Gasteiger partial charge in [-0.25, -0.2) is 0 Å². The smallest absolute Gasteiger partial charge is 0.254 e. The van der Waals surface area contributed by atoms with Gasteiger partial charge in [-0.1, -0.05) is 0 Å². The first-order valence-electron chi connectivity index (χ1n) is 8.40. The summed E-state index contributed by atoms with van der Waals surface area (Å²) >= 11 is 1.67. The van der Waals surface area contributed by atoms with Gasteiger partial charge in [-0.15, -0.1) is 0 Å². The Kier molecular flexibility index (Phi) is 4.32. The topological polar surface area (TPSA) is 34.5 Å². The number of rotatable bonds is 3. The molecule has 4 rings (SSSR count). The van der Waals surface area contributed by atoms with Crippen molar-refractivity contribution in [2.24, 2.45) is 0 Å². The van der Waals surface area contributed by atoms with Crippen LogP contribution in [0.2, 0.25) is 0 Å². The van der Waals surface area contributed by atoms with Crippen LogP contribution in [0.25, 0.3) is 0 Å². The summed E-state index contributed by atoms with van der Waals surface area (Å²) in [5.74, 6) is 0.823. The third kappa shape index (κ3) is 2.96. The summed E-state index contributed by atoms with van der Waals surface area (Å²) in [7, 11) is 1.63. The van der Waals surface area contributed by atoms with Crippen LogP contribution in [0.4, 0.5) is 0 Å². The standard InChI is InChI=1S/C20H20N2O2S/c1-24-17-7-5-15(6-8-17)20(23)22-12-3-11-21-10-2-4-18(21)19(22)16-9-13-25-14-16/h2,4-10,13-14,19H,3,11-12H2,1H3. The summed E-state index contributed by atoms with van der Waals surface area (Å²) in [5, 5.41) is 4.21. The van der Waals surface area contributed by atoms with Crippen LogP contribution in [0.15, 0.2) is 59.4 Å². The molecule has 3 heterocycles. The quantitative estimate of drug-likeness (QED) is 0.708. The molecular formula is C20H20N2O2S. The molecule has 0 fully saturated rings. The first-order chi connectivity index (χ1) is 12.3. The van der Waals surface area contributed by atoms with Crippen molar-refractivity contribution in [2.45, 2.75) is 19.0 Å². The second-order valence-corrected chi connectivity index (χ2v) is 6.95. The maximum absolute atomic E-state index is 13.3. The van der Waals surface area contributed by atoms with E-state index in [1.54, 1.807) is 18.4 Å². The van der Waals surface area contributed by atoms with E-state index in [0.717, 1.165) is 25.3 Å². The second kappa shape index (κ2) is 6.76. The first kappa shape index (κ1) is 16.0. The molecule has 0 bridgehead atoms. The first-order valence-corrected chi connectivity index (χ1v) is 9.34. The fraction of sp³-hybridized carbons (Fsp3) is 0.250. The van der Waals surface area contributed by atoms with Gasteiger partial charge < -0.3 is 14.2 Å². The number of carbonyl (C=O) groups excluding carboxylic acids is 1. The summed E-state index contributed by atoms with van der Waals surface area (Å²) < 4.78 is 7.47. The maximum atomic E-state index is 13.3. The van der Waals surface area contributed by atoms with E-state index in [-0.39, 0.29) is 11.9 Å². The average molecular weight is 352 g/mol. The number of hydrogen-bond donors (Lipinski definition) is 0. The summed E-state index contributed by atoms with van der Waals surface area (Å²) in [6.45, 7) is 1.68. The van der Waals surface area contributed by atoms with Crippen molar-refractivity contribution in [2.75, 3.05) is 13.7 Å². The third-order valence-corrected chi connectivity index (χ3v) is 5.41. The van der Waals surface area contributed by atoms with E-state index in [4.69, 9.17) is 4.74 Å². The lowest BCUT2D eigenvalue weighted by molar-refractivity contribution is 0.0710. The number of benzene rings is 1. The summed E-state index contributed by atoms with van der Waals surface area (Å²) in [5.41, 5.74) is 3.05. The van der Waals surface area contributed by atoms with Gasteiger partial charge in [-0.2, -0.15) is 11.3 Å². The number of amides is 1. The highest BCUT2D eigenvalue weighted by atomic mass is 32.1. The molecule has 1 aliphatic rings. The molecule has 0 saturated heterocycles. The van der Waals surface area contributed by atoms with Crippen molar-refractivity contribution in [1.29, 1.82) is 0 Å². The normalized spacial score (nSPS) is 17.0. The minimum absolute atomic E-state index is 0.0432. The van der Waals surface area contributed by atoms with Crippen LogP contribution in [0, 0.1) is 0 Å². The largest absolute Gasteiger partial charge is 0.497 e. The average Bonchev–Trinajstić information content (AvgIpc) is 3.31. The molecule has 5 heteroatoms. The number of fused-ring (bicyclic) bond motifs is 1. The Morgan fingerprint density at radius 3 is 2.72 bits per heavy atom. The molecule has 1 atom stereocenters. The van der Waals surface area contributed by atoms with Crippen molar-refractivity contribution in [3.8, 4) is 5.75 Å². The van der Waals surface area contributed by atoms with Crippen molar-refractivity contribution >= 4 is 17.2 Å². The van der Waals surface area contributed by atoms with Crippen molar-refractivity contribution in [3.63, 3.8) is 0 Å². The zero-order chi connectivity index (χ0) is 17.2. The van der Waals surface area contributed by atoms with E-state index >= 15 is 0 Å². The maximum Gasteiger partial charge on any atom is 0.254 e. The fourth-order valence-electron chi connectivity index (χ4n) is 3.48. The molecule has 1 aliphatic heterocycles. The summed E-state index contributed by atoms with van der Waals surface area (Å²) in [6.07, 6.45) is 3.06. The Bertz CT molecular complexity index is 852. The number of nitrogens with zero attached hydrogens (tertiary/aromatic N) is 2. The van der Waals surface area contributed by atoms with Gasteiger partial charge in [-0.3, -0.25) is 4.79 Å². The lowest BCUT2D eigenvalue weighted by atomic mass is 10.0. The third-order valence-electron chi connectivity index (χ3n) is 4.71. The van der Waals surface area contributed by atoms with Crippen molar-refractivity contribution in [3.05, 3.63) is 76.2 Å². The Hall–Kier alpha value is -2.53. The number of aromatic nitrogens is 1. The minimum Gasteiger partial charge on any atom is -0.497 e. The molecule has 0 N–H and O–H groups in total. The van der Waals surface area contributed by atoms with Gasteiger partial charge in [0.1, 0.15) is 5.75 Å². The molecule has 2 aromatic heterocycles. The van der Waals surface area contributed by atoms with Crippen molar-refractivity contribution in [1.82, 2.24) is 9.47 Å². The Labute approximate surface area is 151 Å². The van der Waals surface area contributed by atoms with Gasteiger partial charge in [0.25, 0.3) is 5.91 Å². The highest BCUT2D eigenvalue weighted by Crippen LogP contribution is 2.34. The van der Waals surface area contributed by atoms with Crippen LogP contribution in [-0.4, -0.2) is 29.0 Å². The lowest BCUT2D eigenvalue weighted by Gasteiger charge is -2.30. The van der Waals surface area contributed by atoms with Gasteiger partial charge in [0.2, 0.25) is 0 Å². The zero-order valence-electron chi connectivity index (χ0n) is 14.1. The summed E-state index contributed by atoms with van der Waals surface area (Å²) in [4.78, 5) is 15.3. The minimum atomic E-state index is -0.0432. The van der Waals surface area contributed by atoms with E-state index in [1.807, 2.05) is 29.2 Å². The highest BCUT2D eigenvalue weighted by molar-refractivity contribution is 7.08. The van der Waals surface area contributed by atoms with Crippen LogP contribution in [0.5, 0.6) is 5.75 Å². The molecule has 0 saturated carbocycles. The Balaban J connectivity index is 1.74. The summed E-state index contributed by atoms with van der Waals surface area (Å²) in [6, 6.07) is 13.6. The van der Waals surface area contributed by atoms with Crippen LogP contribution in [-0.2, 0) is 6.54 Å². The molecule has 0 spiro atoms. The SMILES string of the molecule is COc1ccc(C(=O)N2CCCn3cccc3C2c2ccsc2)cc1. The number of thiophene rings is 1. The number of aryl methyl sites for hydroxylation is 1. The van der Waals surface area contributed by atoms with Gasteiger partial charge in [0, 0.05) is 30.5 Å². The Morgan fingerprint density at radius 2 is 2.00 bits per heavy atom. The molecule has 1 unspecified atom stereocenters. The molecule has 1 aromatic carbocycles. The predicted octanol–water partition coefficient (Wildman–Crippen LogP) is 4.19. The van der Waals surface area contributed by atoms with E-state index in [1.165, 1.54) is 11.3 Å². The number of ether oxygens (including phenoxy) is 1. The molecule has 3 aromatic rings. The van der Waals surface area contributed by atoms with Crippen molar-refractivity contribution < 1.29 is 9.53 Å². The number of methoxy groups -OCH3 is 1. The monoisotopic (exact) mass is 352 g/mol. The molecular weight excluding hydrogens is 332 g/mol. The second-order valence-electron chi connectivity index (χ2n) is 6.17. The number of carbonyl (C=O) groups is 1. The van der Waals surface area contributed by atoms with Crippen LogP contribution < -0.4 is 4.74 Å². The van der Waals surface area contributed by atoms with Crippen LogP contribution in [0.1, 0.15) is 34.1 Å². The van der Waals surface area contributed by atoms with Gasteiger partial charge in [-0.05, 0) is 65.2 Å². The predicted molar refractivity (Wildman–Crippen MR) is 99.2 cm³/mol. The molecule has 128 valence electrons. The zero-order valence-corrected chi connectivity index (χ0v) is 14.9. The number of hydrogen-bond acceptors (Lipinski definition) is 3. The molecule has 25 heavy (non-hydrogen) atoms. The fourth-order valence-corrected chi connectivity index (χ4v) is 4.16. The van der Waals surface area contributed by atoms with Crippen LogP contribution >= 0.6 is 11.3 Å². The van der Waals surface area contributed by atoms with E-state index in [2.05, 4.69) is 39.7 Å². The van der Waals surface area contributed by atoms with E-state index in [0.29, 0.717) is 5.56 Å². The van der Waals surface area contributed by atoms with Gasteiger partial charge >= 0.3 is 0 Å². The highest BCUT2D eigenvalue weighted by Gasteiger charge is 2.31. The lowest BCUT2D eigenvalue weighted by Crippen LogP contribution is -2.35. The molecule has 4 nitrogen and oxygen atoms in total. The van der Waals surface area contributed by atoms with Crippen LogP contribution in [0.3, 0.4) is 0 Å². The molecule has 1 amide bonds. The molecule has 0 radical (unpaired) electrons. The van der Waals surface area contributed by atoms with E-state index in [9.17, 15) is 4.79 Å². The van der Waals surface area contributed by atoms with Gasteiger partial charge in [0.05, 0.1) is 13.2 Å². The molecule has 0 aliphatic carbocycles. The Morgan fingerprint density at radius 1 is 1.16 bits per heavy atom. The van der Waals surface area contributed by atoms with Gasteiger partial charge in [0.15, 0.2) is 0 Å².